The van der Waals surface area contributed by atoms with Gasteiger partial charge in [-0.05, 0) is 37.1 Å². The highest BCUT2D eigenvalue weighted by Gasteiger charge is 2.20. The van der Waals surface area contributed by atoms with Crippen molar-refractivity contribution >= 4 is 15.9 Å². The maximum absolute atomic E-state index is 6.12. The van der Waals surface area contributed by atoms with E-state index in [1.54, 1.807) is 0 Å². The highest BCUT2D eigenvalue weighted by molar-refractivity contribution is 9.10. The predicted molar refractivity (Wildman–Crippen MR) is 91.6 cm³/mol. The molecule has 0 aliphatic rings. The number of hydrogen-bond acceptors (Lipinski definition) is 2. The molecule has 2 aromatic rings. The lowest BCUT2D eigenvalue weighted by Gasteiger charge is -2.24. The smallest absolute Gasteiger partial charge is 0.140 e. The fraction of sp³-hybridized carbons (Fsp3) is 0.333. The number of hydrogen-bond donors (Lipinski definition) is 1. The van der Waals surface area contributed by atoms with Gasteiger partial charge in [0, 0.05) is 16.1 Å². The van der Waals surface area contributed by atoms with Gasteiger partial charge in [-0.15, -0.1) is 0 Å². The quantitative estimate of drug-likeness (QED) is 0.808. The molecule has 2 nitrogen and oxygen atoms in total. The van der Waals surface area contributed by atoms with Crippen molar-refractivity contribution in [2.24, 2.45) is 5.73 Å². The second-order valence-corrected chi connectivity index (χ2v) is 6.17. The first kappa shape index (κ1) is 16.1. The molecule has 21 heavy (non-hydrogen) atoms. The van der Waals surface area contributed by atoms with E-state index in [-0.39, 0.29) is 12.1 Å². The Labute approximate surface area is 135 Å². The summed E-state index contributed by atoms with van der Waals surface area (Å²) in [6.45, 7) is 4.15. The van der Waals surface area contributed by atoms with Crippen LogP contribution in [-0.4, -0.2) is 6.04 Å². The highest BCUT2D eigenvalue weighted by atomic mass is 79.9. The summed E-state index contributed by atoms with van der Waals surface area (Å²) in [5.41, 5.74) is 8.53. The molecule has 0 aliphatic carbocycles. The third kappa shape index (κ3) is 4.32. The van der Waals surface area contributed by atoms with Crippen molar-refractivity contribution in [3.05, 3.63) is 64.1 Å². The number of benzene rings is 2. The van der Waals surface area contributed by atoms with E-state index in [9.17, 15) is 0 Å². The van der Waals surface area contributed by atoms with Crippen LogP contribution < -0.4 is 10.5 Å². The lowest BCUT2D eigenvalue weighted by Crippen LogP contribution is -2.29. The van der Waals surface area contributed by atoms with E-state index in [1.165, 1.54) is 5.56 Å². The van der Waals surface area contributed by atoms with Gasteiger partial charge in [-0.25, -0.2) is 0 Å². The van der Waals surface area contributed by atoms with E-state index in [4.69, 9.17) is 10.5 Å². The Morgan fingerprint density at radius 2 is 1.76 bits per heavy atom. The summed E-state index contributed by atoms with van der Waals surface area (Å²) < 4.78 is 7.14. The molecule has 0 aromatic heterocycles. The molecule has 2 atom stereocenters. The zero-order valence-corrected chi connectivity index (χ0v) is 14.1. The van der Waals surface area contributed by atoms with Crippen molar-refractivity contribution in [3.8, 4) is 5.75 Å². The Bertz CT molecular complexity index is 566. The number of rotatable bonds is 6. The van der Waals surface area contributed by atoms with Gasteiger partial charge in [0.05, 0.1) is 0 Å². The molecule has 0 fully saturated rings. The van der Waals surface area contributed by atoms with Crippen LogP contribution >= 0.6 is 15.9 Å². The standard InChI is InChI=1S/C18H22BrNO/c1-3-6-14-9-11-15(12-10-14)21-18(13(2)20)16-7-4-5-8-17(16)19/h4-5,7-13,18H,3,6,20H2,1-2H3. The van der Waals surface area contributed by atoms with Gasteiger partial charge in [-0.2, -0.15) is 0 Å². The Hall–Kier alpha value is -1.32. The summed E-state index contributed by atoms with van der Waals surface area (Å²) in [6.07, 6.45) is 2.08. The van der Waals surface area contributed by atoms with Crippen LogP contribution in [0, 0.1) is 0 Å². The second-order valence-electron chi connectivity index (χ2n) is 5.31. The third-order valence-corrected chi connectivity index (χ3v) is 4.14. The van der Waals surface area contributed by atoms with Crippen molar-refractivity contribution in [1.29, 1.82) is 0 Å². The first-order valence-electron chi connectivity index (χ1n) is 7.37. The van der Waals surface area contributed by atoms with Crippen LogP contribution in [0.25, 0.3) is 0 Å². The SMILES string of the molecule is CCCc1ccc(OC(c2ccccc2Br)C(C)N)cc1. The normalized spacial score (nSPS) is 13.7. The molecular weight excluding hydrogens is 326 g/mol. The van der Waals surface area contributed by atoms with Crippen LogP contribution in [0.3, 0.4) is 0 Å². The Kier molecular flexibility index (Phi) is 5.83. The lowest BCUT2D eigenvalue weighted by molar-refractivity contribution is 0.179. The van der Waals surface area contributed by atoms with Gasteiger partial charge in [-0.3, -0.25) is 0 Å². The summed E-state index contributed by atoms with van der Waals surface area (Å²) in [5.74, 6) is 0.855. The molecule has 0 bridgehead atoms. The number of ether oxygens (including phenoxy) is 1. The van der Waals surface area contributed by atoms with Gasteiger partial charge in [0.1, 0.15) is 11.9 Å². The van der Waals surface area contributed by atoms with Gasteiger partial charge in [-0.1, -0.05) is 59.6 Å². The largest absolute Gasteiger partial charge is 0.484 e. The minimum Gasteiger partial charge on any atom is -0.484 e. The molecular formula is C18H22BrNO. The molecule has 0 heterocycles. The van der Waals surface area contributed by atoms with Gasteiger partial charge in [0.15, 0.2) is 0 Å². The molecule has 0 saturated carbocycles. The van der Waals surface area contributed by atoms with Crippen LogP contribution in [0.5, 0.6) is 5.75 Å². The van der Waals surface area contributed by atoms with Crippen molar-refractivity contribution in [2.75, 3.05) is 0 Å². The van der Waals surface area contributed by atoms with Crippen molar-refractivity contribution in [1.82, 2.24) is 0 Å². The Morgan fingerprint density at radius 1 is 1.10 bits per heavy atom. The molecule has 0 radical (unpaired) electrons. The molecule has 0 aliphatic heterocycles. The summed E-state index contributed by atoms with van der Waals surface area (Å²) in [6, 6.07) is 16.2. The van der Waals surface area contributed by atoms with Crippen LogP contribution in [0.15, 0.2) is 53.0 Å². The third-order valence-electron chi connectivity index (χ3n) is 3.41. The first-order chi connectivity index (χ1) is 10.1. The minimum absolute atomic E-state index is 0.0981. The highest BCUT2D eigenvalue weighted by Crippen LogP contribution is 2.29. The zero-order chi connectivity index (χ0) is 15.2. The van der Waals surface area contributed by atoms with E-state index in [2.05, 4.69) is 35.0 Å². The van der Waals surface area contributed by atoms with E-state index < -0.39 is 0 Å². The number of halogens is 1. The molecule has 2 N–H and O–H groups in total. The van der Waals surface area contributed by atoms with Crippen LogP contribution in [0.1, 0.15) is 37.5 Å². The lowest BCUT2D eigenvalue weighted by atomic mass is 10.0. The van der Waals surface area contributed by atoms with Crippen molar-refractivity contribution in [2.45, 2.75) is 38.8 Å². The van der Waals surface area contributed by atoms with Gasteiger partial charge in [0.25, 0.3) is 0 Å². The van der Waals surface area contributed by atoms with Crippen LogP contribution in [-0.2, 0) is 6.42 Å². The van der Waals surface area contributed by atoms with E-state index in [0.29, 0.717) is 0 Å². The molecule has 2 rings (SSSR count). The first-order valence-corrected chi connectivity index (χ1v) is 8.16. The fourth-order valence-electron chi connectivity index (χ4n) is 2.33. The zero-order valence-electron chi connectivity index (χ0n) is 12.6. The second kappa shape index (κ2) is 7.62. The predicted octanol–water partition coefficient (Wildman–Crippen LogP) is 4.87. The summed E-state index contributed by atoms with van der Waals surface area (Å²) >= 11 is 3.58. The number of nitrogens with two attached hydrogens (primary N) is 1. The average Bonchev–Trinajstić information content (AvgIpc) is 2.47. The van der Waals surface area contributed by atoms with E-state index in [1.807, 2.05) is 43.3 Å². The minimum atomic E-state index is -0.169. The van der Waals surface area contributed by atoms with E-state index in [0.717, 1.165) is 28.6 Å². The molecule has 2 aromatic carbocycles. The van der Waals surface area contributed by atoms with Crippen molar-refractivity contribution in [3.63, 3.8) is 0 Å². The molecule has 0 amide bonds. The molecule has 0 saturated heterocycles. The topological polar surface area (TPSA) is 35.2 Å². The summed E-state index contributed by atoms with van der Waals surface area (Å²) in [5, 5.41) is 0. The summed E-state index contributed by atoms with van der Waals surface area (Å²) in [4.78, 5) is 0. The van der Waals surface area contributed by atoms with Gasteiger partial charge < -0.3 is 10.5 Å². The van der Waals surface area contributed by atoms with E-state index >= 15 is 0 Å². The Balaban J connectivity index is 2.19. The fourth-order valence-corrected chi connectivity index (χ4v) is 2.84. The van der Waals surface area contributed by atoms with Crippen LogP contribution in [0.2, 0.25) is 0 Å². The number of aryl methyl sites for hydroxylation is 1. The average molecular weight is 348 g/mol. The van der Waals surface area contributed by atoms with Gasteiger partial charge in [0.2, 0.25) is 0 Å². The monoisotopic (exact) mass is 347 g/mol. The van der Waals surface area contributed by atoms with Crippen molar-refractivity contribution < 1.29 is 4.74 Å². The Morgan fingerprint density at radius 3 is 2.33 bits per heavy atom. The molecule has 0 spiro atoms. The van der Waals surface area contributed by atoms with Crippen LogP contribution in [0.4, 0.5) is 0 Å². The summed E-state index contributed by atoms with van der Waals surface area (Å²) in [7, 11) is 0. The maximum atomic E-state index is 6.12. The molecule has 3 heteroatoms. The molecule has 112 valence electrons. The van der Waals surface area contributed by atoms with Gasteiger partial charge >= 0.3 is 0 Å². The maximum Gasteiger partial charge on any atom is 0.140 e. The molecule has 2 unspecified atom stereocenters.